The maximum Gasteiger partial charge on any atom is 0.0467 e. The van der Waals surface area contributed by atoms with E-state index in [0.717, 1.165) is 17.1 Å². The Morgan fingerprint density at radius 2 is 0.979 bits per heavy atom. The molecule has 0 heterocycles. The fourth-order valence-corrected chi connectivity index (χ4v) is 7.82. The molecule has 0 saturated heterocycles. The first kappa shape index (κ1) is 28.3. The number of fused-ring (bicyclic) bond motifs is 6. The number of anilines is 3. The molecule has 0 N–H and O–H groups in total. The predicted molar refractivity (Wildman–Crippen MR) is 205 cm³/mol. The molecule has 0 radical (unpaired) electrons. The molecule has 0 spiro atoms. The molecule has 0 bridgehead atoms. The first-order chi connectivity index (χ1) is 23.6. The lowest BCUT2D eigenvalue weighted by atomic mass is 9.82. The van der Waals surface area contributed by atoms with Crippen LogP contribution in [-0.2, 0) is 5.41 Å². The van der Waals surface area contributed by atoms with Gasteiger partial charge in [-0.3, -0.25) is 0 Å². The van der Waals surface area contributed by atoms with E-state index in [2.05, 4.69) is 195 Å². The van der Waals surface area contributed by atoms with Gasteiger partial charge in [0.05, 0.1) is 0 Å². The van der Waals surface area contributed by atoms with Gasteiger partial charge in [0.25, 0.3) is 0 Å². The topological polar surface area (TPSA) is 3.24 Å². The van der Waals surface area contributed by atoms with Crippen molar-refractivity contribution in [3.63, 3.8) is 0 Å². The molecule has 8 aromatic carbocycles. The third-order valence-corrected chi connectivity index (χ3v) is 10.2. The molecule has 0 atom stereocenters. The Labute approximate surface area is 282 Å². The maximum atomic E-state index is 2.41. The van der Waals surface area contributed by atoms with Crippen LogP contribution >= 0.6 is 0 Å². The van der Waals surface area contributed by atoms with Crippen molar-refractivity contribution >= 4 is 38.6 Å². The standard InChI is InChI=1S/C47H35N/c1-47(2)45-22-11-10-21-42(45)43-28-27-38(31-46(43)47)48(37-17-12-16-34(29-37)32-13-4-3-5-14-32)36-25-23-33(24-26-36)44-30-35-15-6-7-18-39(35)40-19-8-9-20-41(40)44/h3-31H,1-2H3. The summed E-state index contributed by atoms with van der Waals surface area (Å²) in [6, 6.07) is 64.4. The van der Waals surface area contributed by atoms with Crippen molar-refractivity contribution in [1.29, 1.82) is 0 Å². The molecule has 9 rings (SSSR count). The maximum absolute atomic E-state index is 2.41. The number of hydrogen-bond donors (Lipinski definition) is 0. The summed E-state index contributed by atoms with van der Waals surface area (Å²) >= 11 is 0. The van der Waals surface area contributed by atoms with Crippen LogP contribution < -0.4 is 4.90 Å². The first-order valence-corrected chi connectivity index (χ1v) is 16.8. The van der Waals surface area contributed by atoms with Gasteiger partial charge in [-0.2, -0.15) is 0 Å². The van der Waals surface area contributed by atoms with Gasteiger partial charge in [0.1, 0.15) is 0 Å². The van der Waals surface area contributed by atoms with Gasteiger partial charge in [-0.15, -0.1) is 0 Å². The lowest BCUT2D eigenvalue weighted by Gasteiger charge is -2.28. The third kappa shape index (κ3) is 4.54. The molecule has 228 valence electrons. The monoisotopic (exact) mass is 613 g/mol. The van der Waals surface area contributed by atoms with Crippen LogP contribution in [0.3, 0.4) is 0 Å². The normalized spacial score (nSPS) is 13.0. The Morgan fingerprint density at radius 3 is 1.81 bits per heavy atom. The second-order valence-electron chi connectivity index (χ2n) is 13.4. The summed E-state index contributed by atoms with van der Waals surface area (Å²) < 4.78 is 0. The summed E-state index contributed by atoms with van der Waals surface area (Å²) in [4.78, 5) is 2.41. The Morgan fingerprint density at radius 1 is 0.354 bits per heavy atom. The van der Waals surface area contributed by atoms with E-state index in [-0.39, 0.29) is 5.41 Å². The summed E-state index contributed by atoms with van der Waals surface area (Å²) in [5.41, 5.74) is 13.6. The number of benzene rings is 8. The van der Waals surface area contributed by atoms with Gasteiger partial charge in [-0.25, -0.2) is 0 Å². The summed E-state index contributed by atoms with van der Waals surface area (Å²) in [5.74, 6) is 0. The van der Waals surface area contributed by atoms with Crippen LogP contribution in [-0.4, -0.2) is 0 Å². The smallest absolute Gasteiger partial charge is 0.0467 e. The van der Waals surface area contributed by atoms with Crippen molar-refractivity contribution in [2.75, 3.05) is 4.90 Å². The van der Waals surface area contributed by atoms with Gasteiger partial charge in [0.15, 0.2) is 0 Å². The second-order valence-corrected chi connectivity index (χ2v) is 13.4. The first-order valence-electron chi connectivity index (χ1n) is 16.8. The molecule has 1 heteroatoms. The summed E-state index contributed by atoms with van der Waals surface area (Å²) in [6.07, 6.45) is 0. The van der Waals surface area contributed by atoms with E-state index in [4.69, 9.17) is 0 Å². The highest BCUT2D eigenvalue weighted by Crippen LogP contribution is 2.50. The van der Waals surface area contributed by atoms with Crippen LogP contribution in [0, 0.1) is 0 Å². The van der Waals surface area contributed by atoms with Crippen LogP contribution in [0.15, 0.2) is 176 Å². The molecule has 1 aliphatic rings. The highest BCUT2D eigenvalue weighted by molar-refractivity contribution is 6.13. The highest BCUT2D eigenvalue weighted by atomic mass is 15.1. The van der Waals surface area contributed by atoms with Crippen molar-refractivity contribution in [3.8, 4) is 33.4 Å². The Bertz CT molecular complexity index is 2470. The molecule has 1 nitrogen and oxygen atoms in total. The molecule has 0 aliphatic heterocycles. The molecule has 0 saturated carbocycles. The molecule has 8 aromatic rings. The number of nitrogens with zero attached hydrogens (tertiary/aromatic N) is 1. The Balaban J connectivity index is 1.20. The summed E-state index contributed by atoms with van der Waals surface area (Å²) in [6.45, 7) is 4.70. The van der Waals surface area contributed by atoms with Gasteiger partial charge in [0, 0.05) is 22.5 Å². The molecule has 0 amide bonds. The van der Waals surface area contributed by atoms with Gasteiger partial charge in [-0.05, 0) is 109 Å². The molecular weight excluding hydrogens is 579 g/mol. The lowest BCUT2D eigenvalue weighted by Crippen LogP contribution is -2.16. The highest BCUT2D eigenvalue weighted by Gasteiger charge is 2.35. The molecule has 48 heavy (non-hydrogen) atoms. The SMILES string of the molecule is CC1(C)c2ccccc2-c2ccc(N(c3ccc(-c4cc5ccccc5c5ccccc45)cc3)c3cccc(-c4ccccc4)c3)cc21. The minimum Gasteiger partial charge on any atom is -0.310 e. The Hall–Kier alpha value is -5.92. The quantitative estimate of drug-likeness (QED) is 0.175. The van der Waals surface area contributed by atoms with Crippen LogP contribution in [0.4, 0.5) is 17.1 Å². The van der Waals surface area contributed by atoms with E-state index in [1.807, 2.05) is 0 Å². The van der Waals surface area contributed by atoms with E-state index in [0.29, 0.717) is 0 Å². The molecule has 0 fully saturated rings. The zero-order chi connectivity index (χ0) is 32.2. The minimum absolute atomic E-state index is 0.0828. The summed E-state index contributed by atoms with van der Waals surface area (Å²) in [5, 5.41) is 5.11. The van der Waals surface area contributed by atoms with Gasteiger partial charge in [0.2, 0.25) is 0 Å². The van der Waals surface area contributed by atoms with E-state index in [9.17, 15) is 0 Å². The number of hydrogen-bond acceptors (Lipinski definition) is 1. The molecule has 0 aromatic heterocycles. The van der Waals surface area contributed by atoms with Crippen molar-refractivity contribution in [3.05, 3.63) is 187 Å². The Kier molecular flexibility index (Phi) is 6.55. The van der Waals surface area contributed by atoms with Crippen LogP contribution in [0.2, 0.25) is 0 Å². The van der Waals surface area contributed by atoms with Crippen molar-refractivity contribution < 1.29 is 0 Å². The average molecular weight is 614 g/mol. The minimum atomic E-state index is -0.0828. The van der Waals surface area contributed by atoms with E-state index < -0.39 is 0 Å². The fourth-order valence-electron chi connectivity index (χ4n) is 7.82. The fraction of sp³-hybridized carbons (Fsp3) is 0.0638. The molecular formula is C47H35N. The third-order valence-electron chi connectivity index (χ3n) is 10.2. The molecule has 0 unspecified atom stereocenters. The van der Waals surface area contributed by atoms with E-state index in [1.165, 1.54) is 66.1 Å². The number of rotatable bonds is 5. The van der Waals surface area contributed by atoms with Gasteiger partial charge < -0.3 is 4.90 Å². The van der Waals surface area contributed by atoms with Crippen LogP contribution in [0.25, 0.3) is 54.9 Å². The van der Waals surface area contributed by atoms with E-state index >= 15 is 0 Å². The lowest BCUT2D eigenvalue weighted by molar-refractivity contribution is 0.660. The second kappa shape index (κ2) is 11.1. The van der Waals surface area contributed by atoms with Crippen molar-refractivity contribution in [1.82, 2.24) is 0 Å². The van der Waals surface area contributed by atoms with Crippen molar-refractivity contribution in [2.45, 2.75) is 19.3 Å². The van der Waals surface area contributed by atoms with E-state index in [1.54, 1.807) is 0 Å². The van der Waals surface area contributed by atoms with Crippen LogP contribution in [0.5, 0.6) is 0 Å². The average Bonchev–Trinajstić information content (AvgIpc) is 3.38. The largest absolute Gasteiger partial charge is 0.310 e. The zero-order valence-corrected chi connectivity index (χ0v) is 27.2. The summed E-state index contributed by atoms with van der Waals surface area (Å²) in [7, 11) is 0. The van der Waals surface area contributed by atoms with Crippen molar-refractivity contribution in [2.24, 2.45) is 0 Å². The van der Waals surface area contributed by atoms with Gasteiger partial charge in [-0.1, -0.05) is 147 Å². The van der Waals surface area contributed by atoms with Gasteiger partial charge >= 0.3 is 0 Å². The predicted octanol–water partition coefficient (Wildman–Crippen LogP) is 13.1. The zero-order valence-electron chi connectivity index (χ0n) is 27.2. The molecule has 1 aliphatic carbocycles. The van der Waals surface area contributed by atoms with Crippen LogP contribution in [0.1, 0.15) is 25.0 Å².